The molecule has 0 aliphatic heterocycles. The van der Waals surface area contributed by atoms with Crippen molar-refractivity contribution in [2.45, 2.75) is 32.0 Å². The molecule has 0 radical (unpaired) electrons. The van der Waals surface area contributed by atoms with Crippen molar-refractivity contribution in [3.8, 4) is 5.75 Å². The van der Waals surface area contributed by atoms with Gasteiger partial charge in [0, 0.05) is 18.8 Å². The average Bonchev–Trinajstić information content (AvgIpc) is 3.29. The number of hydrogen-bond donors (Lipinski definition) is 1. The molecule has 0 atom stereocenters. The molecule has 2 aromatic rings. The number of aromatic nitrogens is 1. The van der Waals surface area contributed by atoms with Crippen molar-refractivity contribution < 1.29 is 4.74 Å². The van der Waals surface area contributed by atoms with Crippen LogP contribution >= 0.6 is 31.9 Å². The van der Waals surface area contributed by atoms with Crippen LogP contribution in [0.1, 0.15) is 24.1 Å². The molecule has 0 amide bonds. The molecule has 1 aromatic heterocycles. The van der Waals surface area contributed by atoms with E-state index in [1.807, 2.05) is 18.2 Å². The zero-order valence-corrected chi connectivity index (χ0v) is 14.7. The first-order valence-electron chi connectivity index (χ1n) is 6.96. The third-order valence-electron chi connectivity index (χ3n) is 3.32. The van der Waals surface area contributed by atoms with Crippen molar-refractivity contribution in [2.75, 3.05) is 0 Å². The van der Waals surface area contributed by atoms with E-state index in [1.165, 1.54) is 18.4 Å². The van der Waals surface area contributed by atoms with Crippen molar-refractivity contribution in [1.82, 2.24) is 10.3 Å². The van der Waals surface area contributed by atoms with E-state index in [1.54, 1.807) is 6.20 Å². The van der Waals surface area contributed by atoms with Crippen LogP contribution in [-0.2, 0) is 13.2 Å². The fraction of sp³-hybridized carbons (Fsp3) is 0.312. The molecule has 1 N–H and O–H groups in total. The molecule has 1 fully saturated rings. The van der Waals surface area contributed by atoms with Gasteiger partial charge in [-0.25, -0.2) is 0 Å². The lowest BCUT2D eigenvalue weighted by atomic mass is 10.2. The largest absolute Gasteiger partial charge is 0.485 e. The highest BCUT2D eigenvalue weighted by Crippen LogP contribution is 2.35. The Balaban J connectivity index is 1.66. The maximum atomic E-state index is 5.87. The van der Waals surface area contributed by atoms with E-state index in [4.69, 9.17) is 4.74 Å². The van der Waals surface area contributed by atoms with Crippen molar-refractivity contribution in [3.63, 3.8) is 0 Å². The molecule has 1 aliphatic carbocycles. The van der Waals surface area contributed by atoms with E-state index in [0.717, 1.165) is 26.9 Å². The lowest BCUT2D eigenvalue weighted by Crippen LogP contribution is -2.15. The molecule has 1 heterocycles. The maximum absolute atomic E-state index is 5.87. The predicted octanol–water partition coefficient (Wildman–Crippen LogP) is 4.44. The third kappa shape index (κ3) is 4.28. The molecular formula is C16H16Br2N2O. The highest BCUT2D eigenvalue weighted by atomic mass is 79.9. The summed E-state index contributed by atoms with van der Waals surface area (Å²) in [4.78, 5) is 4.26. The highest BCUT2D eigenvalue weighted by molar-refractivity contribution is 9.11. The Morgan fingerprint density at radius 3 is 2.57 bits per heavy atom. The summed E-state index contributed by atoms with van der Waals surface area (Å²) in [5.74, 6) is 0.816. The quantitative estimate of drug-likeness (QED) is 0.762. The minimum absolute atomic E-state index is 0.456. The Labute approximate surface area is 141 Å². The minimum atomic E-state index is 0.456. The fourth-order valence-corrected chi connectivity index (χ4v) is 3.54. The average molecular weight is 412 g/mol. The smallest absolute Gasteiger partial charge is 0.148 e. The molecule has 0 saturated heterocycles. The second kappa shape index (κ2) is 6.90. The van der Waals surface area contributed by atoms with Crippen LogP contribution in [0, 0.1) is 0 Å². The van der Waals surface area contributed by atoms with E-state index >= 15 is 0 Å². The Morgan fingerprint density at radius 1 is 1.19 bits per heavy atom. The molecule has 1 aromatic carbocycles. The summed E-state index contributed by atoms with van der Waals surface area (Å²) in [7, 11) is 0. The number of pyridine rings is 1. The van der Waals surface area contributed by atoms with Crippen molar-refractivity contribution >= 4 is 31.9 Å². The molecule has 1 aliphatic rings. The van der Waals surface area contributed by atoms with Gasteiger partial charge in [0.15, 0.2) is 0 Å². The number of nitrogens with one attached hydrogen (secondary N) is 1. The standard InChI is InChI=1S/C16H16Br2N2O/c17-14-7-11(9-20-12-4-5-12)8-15(18)16(14)21-10-13-3-1-2-6-19-13/h1-3,6-8,12,20H,4-5,9-10H2. The van der Waals surface area contributed by atoms with E-state index in [0.29, 0.717) is 12.6 Å². The van der Waals surface area contributed by atoms with Crippen molar-refractivity contribution in [3.05, 3.63) is 56.7 Å². The predicted molar refractivity (Wildman–Crippen MR) is 90.3 cm³/mol. The third-order valence-corrected chi connectivity index (χ3v) is 4.50. The molecule has 1 saturated carbocycles. The lowest BCUT2D eigenvalue weighted by Gasteiger charge is -2.12. The van der Waals surface area contributed by atoms with E-state index in [2.05, 4.69) is 54.3 Å². The van der Waals surface area contributed by atoms with Gasteiger partial charge in [-0.3, -0.25) is 4.98 Å². The summed E-state index contributed by atoms with van der Waals surface area (Å²) in [6.45, 7) is 1.35. The van der Waals surface area contributed by atoms with Gasteiger partial charge in [-0.15, -0.1) is 0 Å². The van der Waals surface area contributed by atoms with Gasteiger partial charge >= 0.3 is 0 Å². The lowest BCUT2D eigenvalue weighted by molar-refractivity contribution is 0.297. The number of rotatable bonds is 6. The fourth-order valence-electron chi connectivity index (χ4n) is 2.03. The zero-order valence-electron chi connectivity index (χ0n) is 11.5. The van der Waals surface area contributed by atoms with Gasteiger partial charge in [0.2, 0.25) is 0 Å². The normalized spacial score (nSPS) is 14.2. The molecular weight excluding hydrogens is 396 g/mol. The maximum Gasteiger partial charge on any atom is 0.148 e. The Morgan fingerprint density at radius 2 is 1.95 bits per heavy atom. The SMILES string of the molecule is Brc1cc(CNC2CC2)cc(Br)c1OCc1ccccn1. The first kappa shape index (κ1) is 15.0. The van der Waals surface area contributed by atoms with Gasteiger partial charge in [0.1, 0.15) is 12.4 Å². The number of halogens is 2. The number of ether oxygens (including phenoxy) is 1. The van der Waals surface area contributed by atoms with Crippen LogP contribution in [0.25, 0.3) is 0 Å². The van der Waals surface area contributed by atoms with Crippen LogP contribution in [-0.4, -0.2) is 11.0 Å². The van der Waals surface area contributed by atoms with E-state index < -0.39 is 0 Å². The first-order chi connectivity index (χ1) is 10.2. The van der Waals surface area contributed by atoms with Crippen molar-refractivity contribution in [1.29, 1.82) is 0 Å². The summed E-state index contributed by atoms with van der Waals surface area (Å²) in [6, 6.07) is 10.7. The minimum Gasteiger partial charge on any atom is -0.485 e. The topological polar surface area (TPSA) is 34.1 Å². The highest BCUT2D eigenvalue weighted by Gasteiger charge is 2.20. The summed E-state index contributed by atoms with van der Waals surface area (Å²) in [5.41, 5.74) is 2.15. The molecule has 3 rings (SSSR count). The summed E-state index contributed by atoms with van der Waals surface area (Å²) in [5, 5.41) is 3.51. The Bertz CT molecular complexity index is 592. The zero-order chi connectivity index (χ0) is 14.7. The number of benzene rings is 1. The van der Waals surface area contributed by atoms with Gasteiger partial charge < -0.3 is 10.1 Å². The molecule has 0 spiro atoms. The van der Waals surface area contributed by atoms with Gasteiger partial charge in [0.25, 0.3) is 0 Å². The number of hydrogen-bond acceptors (Lipinski definition) is 3. The Hall–Kier alpha value is -0.910. The molecule has 0 unspecified atom stereocenters. The molecule has 0 bridgehead atoms. The summed E-state index contributed by atoms with van der Waals surface area (Å²) in [6.07, 6.45) is 4.37. The van der Waals surface area contributed by atoms with Crippen LogP contribution in [0.3, 0.4) is 0 Å². The molecule has 5 heteroatoms. The van der Waals surface area contributed by atoms with Gasteiger partial charge in [-0.05, 0) is 74.5 Å². The van der Waals surface area contributed by atoms with E-state index in [9.17, 15) is 0 Å². The molecule has 21 heavy (non-hydrogen) atoms. The molecule has 110 valence electrons. The van der Waals surface area contributed by atoms with Gasteiger partial charge in [-0.1, -0.05) is 6.07 Å². The summed E-state index contributed by atoms with van der Waals surface area (Å²) < 4.78 is 7.79. The Kier molecular flexibility index (Phi) is 4.93. The summed E-state index contributed by atoms with van der Waals surface area (Å²) >= 11 is 7.18. The molecule has 3 nitrogen and oxygen atoms in total. The first-order valence-corrected chi connectivity index (χ1v) is 8.55. The second-order valence-corrected chi connectivity index (χ2v) is 6.86. The number of nitrogens with zero attached hydrogens (tertiary/aromatic N) is 1. The van der Waals surface area contributed by atoms with E-state index in [-0.39, 0.29) is 0 Å². The van der Waals surface area contributed by atoms with Gasteiger partial charge in [-0.2, -0.15) is 0 Å². The van der Waals surface area contributed by atoms with Crippen LogP contribution in [0.4, 0.5) is 0 Å². The van der Waals surface area contributed by atoms with Crippen LogP contribution < -0.4 is 10.1 Å². The van der Waals surface area contributed by atoms with Crippen LogP contribution in [0.15, 0.2) is 45.5 Å². The van der Waals surface area contributed by atoms with Crippen LogP contribution in [0.2, 0.25) is 0 Å². The van der Waals surface area contributed by atoms with Crippen molar-refractivity contribution in [2.24, 2.45) is 0 Å². The van der Waals surface area contributed by atoms with Gasteiger partial charge in [0.05, 0.1) is 14.6 Å². The monoisotopic (exact) mass is 410 g/mol. The van der Waals surface area contributed by atoms with Crippen LogP contribution in [0.5, 0.6) is 5.75 Å². The second-order valence-electron chi connectivity index (χ2n) is 5.15.